The summed E-state index contributed by atoms with van der Waals surface area (Å²) in [5, 5.41) is 8.54. The summed E-state index contributed by atoms with van der Waals surface area (Å²) in [7, 11) is 0. The highest BCUT2D eigenvalue weighted by atomic mass is 35.5. The van der Waals surface area contributed by atoms with E-state index >= 15 is 0 Å². The fourth-order valence-electron chi connectivity index (χ4n) is 1.24. The minimum absolute atomic E-state index is 0.121. The Balaban J connectivity index is 0.000000304. The zero-order valence-electron chi connectivity index (χ0n) is 10.5. The van der Waals surface area contributed by atoms with Crippen LogP contribution in [0, 0.1) is 0 Å². The fourth-order valence-corrected chi connectivity index (χ4v) is 1.39. The van der Waals surface area contributed by atoms with Gasteiger partial charge < -0.3 is 5.11 Å². The third-order valence-corrected chi connectivity index (χ3v) is 2.44. The molecule has 1 aromatic rings. The average molecular weight is 257 g/mol. The molecule has 0 bridgehead atoms. The SMILES string of the molecule is CC(=O)c1ccccc1.CCCCCC(O)Cl. The van der Waals surface area contributed by atoms with Crippen molar-refractivity contribution in [2.45, 2.75) is 45.1 Å². The third-order valence-electron chi connectivity index (χ3n) is 2.23. The van der Waals surface area contributed by atoms with Crippen LogP contribution >= 0.6 is 11.6 Å². The van der Waals surface area contributed by atoms with Gasteiger partial charge in [-0.3, -0.25) is 4.79 Å². The Kier molecular flexibility index (Phi) is 9.78. The van der Waals surface area contributed by atoms with Crippen molar-refractivity contribution in [1.29, 1.82) is 0 Å². The van der Waals surface area contributed by atoms with Gasteiger partial charge in [-0.05, 0) is 19.8 Å². The summed E-state index contributed by atoms with van der Waals surface area (Å²) in [4.78, 5) is 10.6. The molecule has 1 unspecified atom stereocenters. The fraction of sp³-hybridized carbons (Fsp3) is 0.500. The molecular formula is C14H21ClO2. The van der Waals surface area contributed by atoms with Crippen LogP contribution in [0.5, 0.6) is 0 Å². The Hall–Kier alpha value is -0.860. The van der Waals surface area contributed by atoms with Crippen LogP contribution in [0.25, 0.3) is 0 Å². The second-order valence-corrected chi connectivity index (χ2v) is 4.36. The predicted molar refractivity (Wildman–Crippen MR) is 72.4 cm³/mol. The number of carbonyl (C=O) groups is 1. The van der Waals surface area contributed by atoms with Gasteiger partial charge in [-0.15, -0.1) is 0 Å². The summed E-state index contributed by atoms with van der Waals surface area (Å²) in [5.74, 6) is 0.121. The third kappa shape index (κ3) is 10.0. The zero-order valence-corrected chi connectivity index (χ0v) is 11.3. The molecule has 0 saturated carbocycles. The lowest BCUT2D eigenvalue weighted by molar-refractivity contribution is 0.101. The number of aliphatic hydroxyl groups is 1. The molecule has 0 aromatic heterocycles. The minimum atomic E-state index is -0.624. The zero-order chi connectivity index (χ0) is 13.1. The maximum atomic E-state index is 10.6. The summed E-state index contributed by atoms with van der Waals surface area (Å²) in [6.45, 7) is 3.69. The van der Waals surface area contributed by atoms with Crippen LogP contribution in [0.3, 0.4) is 0 Å². The summed E-state index contributed by atoms with van der Waals surface area (Å²) in [6.07, 6.45) is 4.13. The number of hydrogen-bond acceptors (Lipinski definition) is 2. The molecule has 0 amide bonds. The van der Waals surface area contributed by atoms with Crippen molar-refractivity contribution in [2.24, 2.45) is 0 Å². The van der Waals surface area contributed by atoms with Crippen molar-refractivity contribution in [3.8, 4) is 0 Å². The van der Waals surface area contributed by atoms with Gasteiger partial charge >= 0.3 is 0 Å². The van der Waals surface area contributed by atoms with Gasteiger partial charge in [0.25, 0.3) is 0 Å². The molecule has 1 rings (SSSR count). The Morgan fingerprint density at radius 1 is 1.29 bits per heavy atom. The molecule has 0 radical (unpaired) electrons. The number of benzene rings is 1. The van der Waals surface area contributed by atoms with E-state index in [1.54, 1.807) is 6.92 Å². The predicted octanol–water partition coefficient (Wildman–Crippen LogP) is 4.01. The highest BCUT2D eigenvalue weighted by Crippen LogP contribution is 2.04. The van der Waals surface area contributed by atoms with Crippen LogP contribution < -0.4 is 0 Å². The largest absolute Gasteiger partial charge is 0.378 e. The molecule has 0 saturated heterocycles. The van der Waals surface area contributed by atoms with Gasteiger partial charge in [-0.2, -0.15) is 0 Å². The smallest absolute Gasteiger partial charge is 0.159 e. The van der Waals surface area contributed by atoms with Crippen LogP contribution in [-0.2, 0) is 0 Å². The minimum Gasteiger partial charge on any atom is -0.378 e. The van der Waals surface area contributed by atoms with Crippen molar-refractivity contribution in [3.05, 3.63) is 35.9 Å². The molecule has 0 spiro atoms. The van der Waals surface area contributed by atoms with Gasteiger partial charge in [-0.1, -0.05) is 61.7 Å². The topological polar surface area (TPSA) is 37.3 Å². The molecule has 3 heteroatoms. The van der Waals surface area contributed by atoms with Gasteiger partial charge in [-0.25, -0.2) is 0 Å². The van der Waals surface area contributed by atoms with E-state index in [1.807, 2.05) is 30.3 Å². The quantitative estimate of drug-likeness (QED) is 0.491. The number of carbonyl (C=O) groups excluding carboxylic acids is 1. The standard InChI is InChI=1S/C8H8O.C6H13ClO/c1-7(9)8-5-3-2-4-6-8;1-2-3-4-5-6(7)8/h2-6H,1H3;6,8H,2-5H2,1H3. The highest BCUT2D eigenvalue weighted by molar-refractivity contribution is 6.19. The molecule has 0 aliphatic rings. The molecule has 1 atom stereocenters. The first-order valence-electron chi connectivity index (χ1n) is 5.96. The van der Waals surface area contributed by atoms with Crippen LogP contribution in [0.2, 0.25) is 0 Å². The van der Waals surface area contributed by atoms with Crippen LogP contribution in [-0.4, -0.2) is 16.5 Å². The van der Waals surface area contributed by atoms with Crippen molar-refractivity contribution in [2.75, 3.05) is 0 Å². The van der Waals surface area contributed by atoms with Crippen LogP contribution in [0.4, 0.5) is 0 Å². The number of unbranched alkanes of at least 4 members (excludes halogenated alkanes) is 2. The van der Waals surface area contributed by atoms with Crippen LogP contribution in [0.15, 0.2) is 30.3 Å². The van der Waals surface area contributed by atoms with Crippen molar-refractivity contribution in [3.63, 3.8) is 0 Å². The second-order valence-electron chi connectivity index (χ2n) is 3.85. The maximum Gasteiger partial charge on any atom is 0.159 e. The van der Waals surface area contributed by atoms with Gasteiger partial charge in [0.2, 0.25) is 0 Å². The molecule has 0 aliphatic heterocycles. The Bertz CT molecular complexity index is 296. The van der Waals surface area contributed by atoms with E-state index in [2.05, 4.69) is 6.92 Å². The lowest BCUT2D eigenvalue weighted by Crippen LogP contribution is -1.93. The molecule has 96 valence electrons. The average Bonchev–Trinajstić information content (AvgIpc) is 2.31. The van der Waals surface area contributed by atoms with Gasteiger partial charge in [0.1, 0.15) is 5.56 Å². The maximum absolute atomic E-state index is 10.6. The molecule has 17 heavy (non-hydrogen) atoms. The monoisotopic (exact) mass is 256 g/mol. The lowest BCUT2D eigenvalue weighted by atomic mass is 10.2. The molecule has 0 heterocycles. The number of Topliss-reactive ketones (excluding diaryl/α,β-unsaturated/α-hetero) is 1. The number of hydrogen-bond donors (Lipinski definition) is 1. The molecule has 0 fully saturated rings. The first-order chi connectivity index (χ1) is 8.07. The van der Waals surface area contributed by atoms with E-state index < -0.39 is 5.56 Å². The lowest BCUT2D eigenvalue weighted by Gasteiger charge is -1.98. The molecule has 0 aliphatic carbocycles. The number of halogens is 1. The summed E-state index contributed by atoms with van der Waals surface area (Å²) < 4.78 is 0. The van der Waals surface area contributed by atoms with E-state index in [1.165, 1.54) is 12.8 Å². The summed E-state index contributed by atoms with van der Waals surface area (Å²) >= 11 is 5.27. The molecule has 1 N–H and O–H groups in total. The Morgan fingerprint density at radius 3 is 2.24 bits per heavy atom. The van der Waals surface area contributed by atoms with Gasteiger partial charge in [0, 0.05) is 5.56 Å². The van der Waals surface area contributed by atoms with Crippen LogP contribution in [0.1, 0.15) is 49.9 Å². The molecule has 1 aromatic carbocycles. The van der Waals surface area contributed by atoms with E-state index in [0.29, 0.717) is 0 Å². The van der Waals surface area contributed by atoms with E-state index in [0.717, 1.165) is 18.4 Å². The van der Waals surface area contributed by atoms with E-state index in [9.17, 15) is 4.79 Å². The number of rotatable bonds is 5. The van der Waals surface area contributed by atoms with Gasteiger partial charge in [0.15, 0.2) is 5.78 Å². The number of alkyl halides is 1. The van der Waals surface area contributed by atoms with E-state index in [4.69, 9.17) is 16.7 Å². The first kappa shape index (κ1) is 16.1. The van der Waals surface area contributed by atoms with Gasteiger partial charge in [0.05, 0.1) is 0 Å². The van der Waals surface area contributed by atoms with Crippen molar-refractivity contribution >= 4 is 17.4 Å². The number of ketones is 1. The number of aliphatic hydroxyl groups excluding tert-OH is 1. The Morgan fingerprint density at radius 2 is 1.88 bits per heavy atom. The Labute approximate surface area is 109 Å². The highest BCUT2D eigenvalue weighted by Gasteiger charge is 1.94. The van der Waals surface area contributed by atoms with Crippen molar-refractivity contribution in [1.82, 2.24) is 0 Å². The van der Waals surface area contributed by atoms with E-state index in [-0.39, 0.29) is 5.78 Å². The molecule has 2 nitrogen and oxygen atoms in total. The summed E-state index contributed by atoms with van der Waals surface area (Å²) in [5.41, 5.74) is 0.152. The van der Waals surface area contributed by atoms with Crippen molar-refractivity contribution < 1.29 is 9.90 Å². The molecular weight excluding hydrogens is 236 g/mol. The normalized spacial score (nSPS) is 11.3. The summed E-state index contributed by atoms with van der Waals surface area (Å²) in [6, 6.07) is 9.23. The first-order valence-corrected chi connectivity index (χ1v) is 6.39. The second kappa shape index (κ2) is 10.3.